The van der Waals surface area contributed by atoms with Crippen molar-refractivity contribution < 1.29 is 14.3 Å². The van der Waals surface area contributed by atoms with E-state index in [1.807, 2.05) is 43.3 Å². The summed E-state index contributed by atoms with van der Waals surface area (Å²) in [5, 5.41) is 3.51. The molecule has 0 aliphatic heterocycles. The molecule has 33 heavy (non-hydrogen) atoms. The first-order chi connectivity index (χ1) is 16.0. The number of carbonyl (C=O) groups excluding carboxylic acids is 1. The fraction of sp³-hybridized carbons (Fsp3) is 0.231. The van der Waals surface area contributed by atoms with Crippen molar-refractivity contribution >= 4 is 28.5 Å². The quantitative estimate of drug-likeness (QED) is 0.376. The molecule has 4 aromatic rings. The number of nitrogens with zero attached hydrogens (tertiary/aromatic N) is 2. The summed E-state index contributed by atoms with van der Waals surface area (Å²) in [6, 6.07) is 21.0. The molecule has 0 saturated heterocycles. The van der Waals surface area contributed by atoms with Crippen LogP contribution < -0.4 is 14.8 Å². The Morgan fingerprint density at radius 1 is 1.03 bits per heavy atom. The summed E-state index contributed by atoms with van der Waals surface area (Å²) in [5.41, 5.74) is 4.20. The van der Waals surface area contributed by atoms with E-state index in [9.17, 15) is 4.79 Å². The minimum atomic E-state index is -0.227. The number of halogens is 1. The first kappa shape index (κ1) is 22.7. The van der Waals surface area contributed by atoms with Crippen molar-refractivity contribution in [3.05, 3.63) is 88.7 Å². The predicted molar refractivity (Wildman–Crippen MR) is 130 cm³/mol. The number of nitrogens with one attached hydrogen (secondary N) is 1. The van der Waals surface area contributed by atoms with Gasteiger partial charge in [0.15, 0.2) is 6.61 Å². The van der Waals surface area contributed by atoms with Gasteiger partial charge in [-0.1, -0.05) is 41.4 Å². The Morgan fingerprint density at radius 3 is 2.61 bits per heavy atom. The van der Waals surface area contributed by atoms with Crippen molar-refractivity contribution in [3.63, 3.8) is 0 Å². The summed E-state index contributed by atoms with van der Waals surface area (Å²) < 4.78 is 13.6. The van der Waals surface area contributed by atoms with Crippen LogP contribution in [-0.2, 0) is 17.9 Å². The van der Waals surface area contributed by atoms with Gasteiger partial charge >= 0.3 is 0 Å². The van der Waals surface area contributed by atoms with E-state index >= 15 is 0 Å². The van der Waals surface area contributed by atoms with Crippen molar-refractivity contribution in [2.75, 3.05) is 13.2 Å². The molecule has 0 radical (unpaired) electrons. The highest BCUT2D eigenvalue weighted by atomic mass is 35.5. The molecule has 4 rings (SSSR count). The monoisotopic (exact) mass is 463 g/mol. The normalized spacial score (nSPS) is 10.9. The highest BCUT2D eigenvalue weighted by molar-refractivity contribution is 6.30. The van der Waals surface area contributed by atoms with Crippen LogP contribution in [0.15, 0.2) is 66.7 Å². The molecule has 0 unspecified atom stereocenters. The molecule has 1 N–H and O–H groups in total. The van der Waals surface area contributed by atoms with Gasteiger partial charge in [-0.15, -0.1) is 0 Å². The van der Waals surface area contributed by atoms with E-state index in [-0.39, 0.29) is 12.5 Å². The maximum Gasteiger partial charge on any atom is 0.258 e. The Morgan fingerprint density at radius 2 is 1.82 bits per heavy atom. The van der Waals surface area contributed by atoms with E-state index in [1.165, 1.54) is 5.56 Å². The second kappa shape index (κ2) is 10.4. The van der Waals surface area contributed by atoms with Gasteiger partial charge in [-0.2, -0.15) is 0 Å². The number of imidazole rings is 1. The van der Waals surface area contributed by atoms with Crippen molar-refractivity contribution in [2.24, 2.45) is 0 Å². The van der Waals surface area contributed by atoms with E-state index in [1.54, 1.807) is 24.3 Å². The van der Waals surface area contributed by atoms with Crippen molar-refractivity contribution in [1.29, 1.82) is 0 Å². The lowest BCUT2D eigenvalue weighted by atomic mass is 10.1. The Bertz CT molecular complexity index is 1250. The van der Waals surface area contributed by atoms with E-state index in [0.717, 1.165) is 28.2 Å². The summed E-state index contributed by atoms with van der Waals surface area (Å²) in [6.07, 6.45) is 0. The maximum atomic E-state index is 12.3. The molecular weight excluding hydrogens is 438 g/mol. The number of aryl methyl sites for hydroxylation is 2. The second-order valence-electron chi connectivity index (χ2n) is 7.81. The molecule has 1 aromatic heterocycles. The minimum absolute atomic E-state index is 0.0856. The van der Waals surface area contributed by atoms with Crippen LogP contribution in [0.2, 0.25) is 5.02 Å². The zero-order valence-electron chi connectivity index (χ0n) is 18.7. The van der Waals surface area contributed by atoms with Crippen LogP contribution in [0.4, 0.5) is 0 Å². The Balaban J connectivity index is 1.39. The second-order valence-corrected chi connectivity index (χ2v) is 8.24. The molecule has 0 spiro atoms. The van der Waals surface area contributed by atoms with Crippen LogP contribution in [-0.4, -0.2) is 28.7 Å². The number of carbonyl (C=O) groups is 1. The molecule has 0 atom stereocenters. The van der Waals surface area contributed by atoms with E-state index < -0.39 is 0 Å². The lowest BCUT2D eigenvalue weighted by molar-refractivity contribution is -0.123. The fourth-order valence-corrected chi connectivity index (χ4v) is 3.75. The number of fused-ring (bicyclic) bond motifs is 1. The molecular formula is C26H26ClN3O3. The van der Waals surface area contributed by atoms with Gasteiger partial charge in [0.1, 0.15) is 23.9 Å². The Hall–Kier alpha value is -3.51. The number of para-hydroxylation sites is 2. The van der Waals surface area contributed by atoms with Gasteiger partial charge in [0, 0.05) is 5.02 Å². The Labute approximate surface area is 198 Å². The summed E-state index contributed by atoms with van der Waals surface area (Å²) >= 11 is 5.87. The standard InChI is InChI=1S/C26H26ClN3O3/c1-18-7-12-24(19(2)15-18)32-14-13-30-23-6-4-3-5-22(23)29-25(30)16-28-26(31)17-33-21-10-8-20(27)9-11-21/h3-12,15H,13-14,16-17H2,1-2H3,(H,28,31). The molecule has 0 fully saturated rings. The third-order valence-electron chi connectivity index (χ3n) is 5.26. The Kier molecular flexibility index (Phi) is 7.15. The molecule has 0 aliphatic carbocycles. The van der Waals surface area contributed by atoms with Crippen molar-refractivity contribution in [1.82, 2.24) is 14.9 Å². The van der Waals surface area contributed by atoms with Crippen molar-refractivity contribution in [2.45, 2.75) is 26.9 Å². The predicted octanol–water partition coefficient (Wildman–Crippen LogP) is 5.08. The fourth-order valence-electron chi connectivity index (χ4n) is 3.63. The lowest BCUT2D eigenvalue weighted by Crippen LogP contribution is -2.29. The zero-order chi connectivity index (χ0) is 23.2. The molecule has 6 nitrogen and oxygen atoms in total. The summed E-state index contributed by atoms with van der Waals surface area (Å²) in [4.78, 5) is 17.0. The molecule has 0 bridgehead atoms. The van der Waals surface area contributed by atoms with Gasteiger partial charge in [0.05, 0.1) is 24.1 Å². The van der Waals surface area contributed by atoms with Gasteiger partial charge in [-0.3, -0.25) is 4.79 Å². The van der Waals surface area contributed by atoms with Gasteiger partial charge in [0.2, 0.25) is 0 Å². The van der Waals surface area contributed by atoms with E-state index in [4.69, 9.17) is 26.1 Å². The van der Waals surface area contributed by atoms with Crippen LogP contribution in [0.5, 0.6) is 11.5 Å². The summed E-state index contributed by atoms with van der Waals surface area (Å²) in [6.45, 7) is 5.42. The highest BCUT2D eigenvalue weighted by Gasteiger charge is 2.12. The third-order valence-corrected chi connectivity index (χ3v) is 5.52. The molecule has 1 amide bonds. The molecule has 3 aromatic carbocycles. The number of ether oxygens (including phenoxy) is 2. The van der Waals surface area contributed by atoms with Gasteiger partial charge in [-0.05, 0) is 61.9 Å². The lowest BCUT2D eigenvalue weighted by Gasteiger charge is -2.13. The highest BCUT2D eigenvalue weighted by Crippen LogP contribution is 2.20. The topological polar surface area (TPSA) is 65.4 Å². The van der Waals surface area contributed by atoms with Crippen LogP contribution in [0, 0.1) is 13.8 Å². The number of aromatic nitrogens is 2. The first-order valence-corrected chi connectivity index (χ1v) is 11.2. The third kappa shape index (κ3) is 5.84. The number of hydrogen-bond acceptors (Lipinski definition) is 4. The number of benzene rings is 3. The van der Waals surface area contributed by atoms with Crippen LogP contribution in [0.1, 0.15) is 17.0 Å². The average Bonchev–Trinajstić information content (AvgIpc) is 3.16. The molecule has 170 valence electrons. The van der Waals surface area contributed by atoms with E-state index in [2.05, 4.69) is 22.9 Å². The molecule has 0 saturated carbocycles. The smallest absolute Gasteiger partial charge is 0.258 e. The number of hydrogen-bond donors (Lipinski definition) is 1. The average molecular weight is 464 g/mol. The largest absolute Gasteiger partial charge is 0.491 e. The molecule has 7 heteroatoms. The SMILES string of the molecule is Cc1ccc(OCCn2c(CNC(=O)COc3ccc(Cl)cc3)nc3ccccc32)c(C)c1. The minimum Gasteiger partial charge on any atom is -0.491 e. The molecule has 0 aliphatic rings. The van der Waals surface area contributed by atoms with Gasteiger partial charge < -0.3 is 19.4 Å². The van der Waals surface area contributed by atoms with Crippen LogP contribution >= 0.6 is 11.6 Å². The number of amides is 1. The van der Waals surface area contributed by atoms with Crippen LogP contribution in [0.25, 0.3) is 11.0 Å². The van der Waals surface area contributed by atoms with Crippen molar-refractivity contribution in [3.8, 4) is 11.5 Å². The van der Waals surface area contributed by atoms with Gasteiger partial charge in [-0.25, -0.2) is 4.98 Å². The summed E-state index contributed by atoms with van der Waals surface area (Å²) in [7, 11) is 0. The van der Waals surface area contributed by atoms with Gasteiger partial charge in [0.25, 0.3) is 5.91 Å². The first-order valence-electron chi connectivity index (χ1n) is 10.8. The van der Waals surface area contributed by atoms with E-state index in [0.29, 0.717) is 30.5 Å². The molecule has 1 heterocycles. The number of rotatable bonds is 9. The van der Waals surface area contributed by atoms with Crippen LogP contribution in [0.3, 0.4) is 0 Å². The maximum absolute atomic E-state index is 12.3. The summed E-state index contributed by atoms with van der Waals surface area (Å²) in [5.74, 6) is 2.00. The zero-order valence-corrected chi connectivity index (χ0v) is 19.4.